The maximum Gasteiger partial charge on any atom is 0.330 e. The molecule has 0 saturated heterocycles. The van der Waals surface area contributed by atoms with Gasteiger partial charge in [0.05, 0.1) is 28.7 Å². The first kappa shape index (κ1) is 19.1. The van der Waals surface area contributed by atoms with Gasteiger partial charge in [0.1, 0.15) is 5.75 Å². The van der Waals surface area contributed by atoms with Crippen LogP contribution in [0.5, 0.6) is 5.75 Å². The van der Waals surface area contributed by atoms with Gasteiger partial charge in [0.25, 0.3) is 5.56 Å². The maximum absolute atomic E-state index is 13.1. The van der Waals surface area contributed by atoms with Crippen LogP contribution in [0.4, 0.5) is 0 Å². The molecule has 148 valence electrons. The Morgan fingerprint density at radius 1 is 0.966 bits per heavy atom. The summed E-state index contributed by atoms with van der Waals surface area (Å²) in [7, 11) is 4.71. The number of nitrogens with zero attached hydrogens (tertiary/aromatic N) is 3. The normalized spacial score (nSPS) is 11.2. The summed E-state index contributed by atoms with van der Waals surface area (Å²) >= 11 is 6.35. The van der Waals surface area contributed by atoms with Crippen LogP contribution in [0.2, 0.25) is 5.02 Å². The van der Waals surface area contributed by atoms with Crippen LogP contribution in [0.1, 0.15) is 5.56 Å². The second-order valence-electron chi connectivity index (χ2n) is 7.00. The summed E-state index contributed by atoms with van der Waals surface area (Å²) in [5.41, 5.74) is 3.30. The Bertz CT molecular complexity index is 1360. The summed E-state index contributed by atoms with van der Waals surface area (Å²) in [5, 5.41) is 0.935. The number of hydrogen-bond donors (Lipinski definition) is 0. The standard InChI is InChI=1S/C22H20ClN3O3/c1-13-5-7-14(8-6-13)20-19-17(24(2)22(28)25(3)21(19)27)12-26(20)15-9-10-18(29-4)16(23)11-15/h5-12H,1-4H3. The van der Waals surface area contributed by atoms with Crippen LogP contribution in [0.15, 0.2) is 58.3 Å². The van der Waals surface area contributed by atoms with Crippen LogP contribution in [-0.4, -0.2) is 20.8 Å². The van der Waals surface area contributed by atoms with Crippen molar-refractivity contribution in [1.29, 1.82) is 0 Å². The minimum atomic E-state index is -0.372. The van der Waals surface area contributed by atoms with Gasteiger partial charge >= 0.3 is 5.69 Å². The van der Waals surface area contributed by atoms with E-state index in [1.54, 1.807) is 32.5 Å². The Morgan fingerprint density at radius 3 is 2.28 bits per heavy atom. The molecule has 0 unspecified atom stereocenters. The summed E-state index contributed by atoms with van der Waals surface area (Å²) in [4.78, 5) is 25.5. The van der Waals surface area contributed by atoms with Gasteiger partial charge in [-0.25, -0.2) is 4.79 Å². The number of methoxy groups -OCH3 is 1. The zero-order chi connectivity index (χ0) is 20.9. The molecule has 0 atom stereocenters. The van der Waals surface area contributed by atoms with E-state index in [4.69, 9.17) is 16.3 Å². The number of hydrogen-bond acceptors (Lipinski definition) is 3. The molecule has 0 aliphatic rings. The van der Waals surface area contributed by atoms with Gasteiger partial charge in [-0.3, -0.25) is 13.9 Å². The van der Waals surface area contributed by atoms with E-state index in [1.807, 2.05) is 41.8 Å². The molecule has 2 aromatic carbocycles. The topological polar surface area (TPSA) is 58.2 Å². The average Bonchev–Trinajstić information content (AvgIpc) is 3.12. The average molecular weight is 410 g/mol. The lowest BCUT2D eigenvalue weighted by Crippen LogP contribution is -2.36. The van der Waals surface area contributed by atoms with Gasteiger partial charge in [0.2, 0.25) is 0 Å². The summed E-state index contributed by atoms with van der Waals surface area (Å²) in [5.74, 6) is 0.562. The Hall–Kier alpha value is -3.25. The molecule has 0 aliphatic carbocycles. The number of aromatic nitrogens is 3. The number of aryl methyl sites for hydroxylation is 2. The number of ether oxygens (including phenoxy) is 1. The number of rotatable bonds is 3. The Balaban J connectivity index is 2.16. The highest BCUT2D eigenvalue weighted by molar-refractivity contribution is 6.32. The third kappa shape index (κ3) is 2.96. The molecule has 0 spiro atoms. The third-order valence-electron chi connectivity index (χ3n) is 5.18. The van der Waals surface area contributed by atoms with Gasteiger partial charge in [-0.15, -0.1) is 0 Å². The lowest BCUT2D eigenvalue weighted by molar-refractivity contribution is 0.415. The molecule has 6 nitrogen and oxygen atoms in total. The quantitative estimate of drug-likeness (QED) is 0.518. The molecule has 0 amide bonds. The van der Waals surface area contributed by atoms with Crippen LogP contribution in [0, 0.1) is 6.92 Å². The zero-order valence-electron chi connectivity index (χ0n) is 16.6. The van der Waals surface area contributed by atoms with E-state index < -0.39 is 0 Å². The fourth-order valence-corrected chi connectivity index (χ4v) is 3.80. The summed E-state index contributed by atoms with van der Waals surface area (Å²) in [6, 6.07) is 13.3. The Morgan fingerprint density at radius 2 is 1.66 bits per heavy atom. The molecule has 4 aromatic rings. The molecule has 0 saturated carbocycles. The second-order valence-corrected chi connectivity index (χ2v) is 7.41. The van der Waals surface area contributed by atoms with Crippen molar-refractivity contribution < 1.29 is 4.74 Å². The Labute approximate surface area is 172 Å². The molecule has 7 heteroatoms. The number of benzene rings is 2. The van der Waals surface area contributed by atoms with Crippen molar-refractivity contribution in [3.8, 4) is 22.7 Å². The van der Waals surface area contributed by atoms with Crippen molar-refractivity contribution in [2.24, 2.45) is 14.1 Å². The van der Waals surface area contributed by atoms with E-state index in [0.717, 1.165) is 21.4 Å². The SMILES string of the molecule is COc1ccc(-n2cc3c(c2-c2ccc(C)cc2)c(=O)n(C)c(=O)n3C)cc1Cl. The summed E-state index contributed by atoms with van der Waals surface area (Å²) in [6.07, 6.45) is 1.80. The molecule has 2 heterocycles. The molecule has 0 radical (unpaired) electrons. The summed E-state index contributed by atoms with van der Waals surface area (Å²) in [6.45, 7) is 2.01. The number of fused-ring (bicyclic) bond motifs is 1. The molecule has 29 heavy (non-hydrogen) atoms. The summed E-state index contributed by atoms with van der Waals surface area (Å²) < 4.78 is 9.76. The van der Waals surface area contributed by atoms with E-state index >= 15 is 0 Å². The van der Waals surface area contributed by atoms with E-state index in [0.29, 0.717) is 27.4 Å². The fraction of sp³-hybridized carbons (Fsp3) is 0.182. The predicted molar refractivity (Wildman–Crippen MR) is 115 cm³/mol. The fourth-order valence-electron chi connectivity index (χ4n) is 3.54. The highest BCUT2D eigenvalue weighted by Crippen LogP contribution is 2.33. The molecule has 0 N–H and O–H groups in total. The third-order valence-corrected chi connectivity index (χ3v) is 5.47. The molecule has 4 rings (SSSR count). The largest absolute Gasteiger partial charge is 0.495 e. The first-order chi connectivity index (χ1) is 13.8. The van der Waals surface area contributed by atoms with Gasteiger partial charge in [-0.1, -0.05) is 41.4 Å². The number of halogens is 1. The van der Waals surface area contributed by atoms with Crippen molar-refractivity contribution in [2.45, 2.75) is 6.92 Å². The Kier molecular flexibility index (Phi) is 4.59. The van der Waals surface area contributed by atoms with Gasteiger partial charge in [-0.05, 0) is 30.7 Å². The van der Waals surface area contributed by atoms with Crippen molar-refractivity contribution in [1.82, 2.24) is 13.7 Å². The predicted octanol–water partition coefficient (Wildman–Crippen LogP) is 3.67. The van der Waals surface area contributed by atoms with E-state index in [1.165, 1.54) is 11.6 Å². The molecule has 0 aliphatic heterocycles. The first-order valence-corrected chi connectivity index (χ1v) is 9.43. The monoisotopic (exact) mass is 409 g/mol. The van der Waals surface area contributed by atoms with Crippen molar-refractivity contribution in [3.63, 3.8) is 0 Å². The van der Waals surface area contributed by atoms with Crippen LogP contribution in [0.25, 0.3) is 27.8 Å². The molecular weight excluding hydrogens is 390 g/mol. The highest BCUT2D eigenvalue weighted by Gasteiger charge is 2.20. The van der Waals surface area contributed by atoms with Crippen LogP contribution >= 0.6 is 11.6 Å². The van der Waals surface area contributed by atoms with Crippen molar-refractivity contribution in [3.05, 3.63) is 80.1 Å². The van der Waals surface area contributed by atoms with E-state index in [9.17, 15) is 9.59 Å². The van der Waals surface area contributed by atoms with Gasteiger partial charge in [0.15, 0.2) is 0 Å². The van der Waals surface area contributed by atoms with Gasteiger partial charge in [-0.2, -0.15) is 0 Å². The smallest absolute Gasteiger partial charge is 0.330 e. The zero-order valence-corrected chi connectivity index (χ0v) is 17.3. The molecule has 0 bridgehead atoms. The van der Waals surface area contributed by atoms with Crippen LogP contribution in [-0.2, 0) is 14.1 Å². The lowest BCUT2D eigenvalue weighted by atomic mass is 10.1. The van der Waals surface area contributed by atoms with Crippen LogP contribution < -0.4 is 16.0 Å². The van der Waals surface area contributed by atoms with Gasteiger partial charge in [0, 0.05) is 26.0 Å². The minimum Gasteiger partial charge on any atom is -0.495 e. The highest BCUT2D eigenvalue weighted by atomic mass is 35.5. The molecule has 0 fully saturated rings. The van der Waals surface area contributed by atoms with Crippen LogP contribution in [0.3, 0.4) is 0 Å². The molecule has 2 aromatic heterocycles. The minimum absolute atomic E-state index is 0.336. The lowest BCUT2D eigenvalue weighted by Gasteiger charge is -2.12. The van der Waals surface area contributed by atoms with E-state index in [-0.39, 0.29) is 11.2 Å². The second kappa shape index (κ2) is 6.97. The first-order valence-electron chi connectivity index (χ1n) is 9.05. The van der Waals surface area contributed by atoms with Gasteiger partial charge < -0.3 is 9.30 Å². The maximum atomic E-state index is 13.1. The molecular formula is C22H20ClN3O3. The van der Waals surface area contributed by atoms with Crippen molar-refractivity contribution >= 4 is 22.5 Å². The van der Waals surface area contributed by atoms with Crippen molar-refractivity contribution in [2.75, 3.05) is 7.11 Å². The van der Waals surface area contributed by atoms with E-state index in [2.05, 4.69) is 0 Å².